The maximum Gasteiger partial charge on any atom is 0.259 e. The van der Waals surface area contributed by atoms with Gasteiger partial charge < -0.3 is 30.6 Å². The number of aromatic nitrogens is 1. The van der Waals surface area contributed by atoms with Gasteiger partial charge in [0.05, 0.1) is 23.9 Å². The summed E-state index contributed by atoms with van der Waals surface area (Å²) in [6.45, 7) is 0.137. The lowest BCUT2D eigenvalue weighted by atomic mass is 10.0. The first-order valence-electron chi connectivity index (χ1n) is 10.4. The third kappa shape index (κ3) is 4.02. The van der Waals surface area contributed by atoms with Gasteiger partial charge in [-0.3, -0.25) is 14.6 Å². The van der Waals surface area contributed by atoms with Gasteiger partial charge in [0.1, 0.15) is 5.75 Å². The molecule has 0 aliphatic carbocycles. The summed E-state index contributed by atoms with van der Waals surface area (Å²) in [6, 6.07) is 17.3. The number of hydrogen-bond acceptors (Lipinski definition) is 7. The number of pyridine rings is 1. The van der Waals surface area contributed by atoms with Crippen molar-refractivity contribution in [3.05, 3.63) is 78.0 Å². The lowest BCUT2D eigenvalue weighted by molar-refractivity contribution is 0.0998. The zero-order chi connectivity index (χ0) is 23.7. The van der Waals surface area contributed by atoms with Crippen molar-refractivity contribution in [3.63, 3.8) is 0 Å². The first-order chi connectivity index (χ1) is 16.5. The van der Waals surface area contributed by atoms with Crippen LogP contribution >= 0.6 is 0 Å². The third-order valence-corrected chi connectivity index (χ3v) is 5.37. The van der Waals surface area contributed by atoms with Gasteiger partial charge in [-0.15, -0.1) is 0 Å². The summed E-state index contributed by atoms with van der Waals surface area (Å²) >= 11 is 0. The molecule has 0 spiro atoms. The summed E-state index contributed by atoms with van der Waals surface area (Å²) in [4.78, 5) is 29.6. The number of nitrogens with zero attached hydrogens (tertiary/aromatic N) is 1. The van der Waals surface area contributed by atoms with Crippen LogP contribution in [0.1, 0.15) is 20.7 Å². The highest BCUT2D eigenvalue weighted by atomic mass is 16.7. The van der Waals surface area contributed by atoms with E-state index in [1.165, 1.54) is 6.20 Å². The van der Waals surface area contributed by atoms with E-state index in [1.54, 1.807) is 49.6 Å². The van der Waals surface area contributed by atoms with Crippen LogP contribution in [0.15, 0.2) is 66.9 Å². The Balaban J connectivity index is 1.58. The smallest absolute Gasteiger partial charge is 0.259 e. The average molecular weight is 456 g/mol. The molecular formula is C25H20N4O5. The summed E-state index contributed by atoms with van der Waals surface area (Å²) in [7, 11) is 1.57. The van der Waals surface area contributed by atoms with Gasteiger partial charge in [0.15, 0.2) is 11.5 Å². The number of ether oxygens (including phenoxy) is 3. The summed E-state index contributed by atoms with van der Waals surface area (Å²) in [6.07, 6.45) is 1.48. The summed E-state index contributed by atoms with van der Waals surface area (Å²) in [5.74, 6) is 0.833. The van der Waals surface area contributed by atoms with Crippen molar-refractivity contribution in [1.82, 2.24) is 4.98 Å². The molecule has 9 nitrogen and oxygen atoms in total. The molecule has 2 amide bonds. The monoisotopic (exact) mass is 456 g/mol. The summed E-state index contributed by atoms with van der Waals surface area (Å²) in [5.41, 5.74) is 8.35. The fraction of sp³-hybridized carbons (Fsp3) is 0.0800. The highest BCUT2D eigenvalue weighted by Gasteiger charge is 2.19. The fourth-order valence-corrected chi connectivity index (χ4v) is 3.67. The van der Waals surface area contributed by atoms with Gasteiger partial charge in [0.2, 0.25) is 12.7 Å². The van der Waals surface area contributed by atoms with E-state index in [-0.39, 0.29) is 12.4 Å². The highest BCUT2D eigenvalue weighted by molar-refractivity contribution is 6.14. The van der Waals surface area contributed by atoms with Gasteiger partial charge in [-0.25, -0.2) is 0 Å². The van der Waals surface area contributed by atoms with Crippen molar-refractivity contribution >= 4 is 39.8 Å². The maximum atomic E-state index is 13.3. The molecular weight excluding hydrogens is 436 g/mol. The highest BCUT2D eigenvalue weighted by Crippen LogP contribution is 2.35. The number of methoxy groups -OCH3 is 1. The second-order valence-electron chi connectivity index (χ2n) is 7.52. The molecule has 1 aromatic heterocycles. The number of amides is 2. The zero-order valence-electron chi connectivity index (χ0n) is 18.1. The van der Waals surface area contributed by atoms with Crippen LogP contribution in [0.4, 0.5) is 17.1 Å². The fourth-order valence-electron chi connectivity index (χ4n) is 3.67. The molecule has 9 heteroatoms. The molecule has 4 N–H and O–H groups in total. The van der Waals surface area contributed by atoms with E-state index >= 15 is 0 Å². The number of nitrogens with one attached hydrogen (secondary N) is 2. The molecule has 2 heterocycles. The lowest BCUT2D eigenvalue weighted by Gasteiger charge is -2.16. The lowest BCUT2D eigenvalue weighted by Crippen LogP contribution is -2.15. The van der Waals surface area contributed by atoms with Crippen LogP contribution in [0.25, 0.3) is 10.9 Å². The van der Waals surface area contributed by atoms with Crippen molar-refractivity contribution in [2.24, 2.45) is 5.73 Å². The Morgan fingerprint density at radius 1 is 1.00 bits per heavy atom. The van der Waals surface area contributed by atoms with Crippen LogP contribution in [0, 0.1) is 0 Å². The van der Waals surface area contributed by atoms with Gasteiger partial charge in [-0.05, 0) is 42.5 Å². The van der Waals surface area contributed by atoms with Crippen molar-refractivity contribution in [2.45, 2.75) is 0 Å². The average Bonchev–Trinajstić information content (AvgIpc) is 3.32. The Bertz CT molecular complexity index is 1440. The van der Waals surface area contributed by atoms with E-state index in [0.29, 0.717) is 50.8 Å². The first-order valence-corrected chi connectivity index (χ1v) is 10.4. The van der Waals surface area contributed by atoms with Crippen LogP contribution in [0.2, 0.25) is 0 Å². The SMILES string of the molecule is COc1cccc(Nc2c(C(=O)Nc3ccc4c(c3)OCO4)cnc3ccc(C(N)=O)cc23)c1. The van der Waals surface area contributed by atoms with Gasteiger partial charge in [0, 0.05) is 40.7 Å². The zero-order valence-corrected chi connectivity index (χ0v) is 18.1. The van der Waals surface area contributed by atoms with E-state index in [9.17, 15) is 9.59 Å². The van der Waals surface area contributed by atoms with Crippen LogP contribution in [0.3, 0.4) is 0 Å². The Hall–Kier alpha value is -4.79. The maximum absolute atomic E-state index is 13.3. The van der Waals surface area contributed by atoms with Crippen LogP contribution < -0.4 is 30.6 Å². The van der Waals surface area contributed by atoms with Crippen molar-refractivity contribution in [1.29, 1.82) is 0 Å². The summed E-state index contributed by atoms with van der Waals surface area (Å²) < 4.78 is 16.0. The van der Waals surface area contributed by atoms with Crippen molar-refractivity contribution in [2.75, 3.05) is 24.5 Å². The molecule has 3 aromatic carbocycles. The van der Waals surface area contributed by atoms with E-state index in [2.05, 4.69) is 15.6 Å². The standard InChI is InChI=1S/C25H20N4O5/c1-32-17-4-2-3-15(10-17)28-23-18-9-14(24(26)30)5-7-20(18)27-12-19(23)25(31)29-16-6-8-21-22(11-16)34-13-33-21/h2-12H,13H2,1H3,(H2,26,30)(H,27,28)(H,29,31). The predicted octanol–water partition coefficient (Wildman–Crippen LogP) is 4.07. The molecule has 1 aliphatic rings. The van der Waals surface area contributed by atoms with Gasteiger partial charge in [-0.2, -0.15) is 0 Å². The Morgan fingerprint density at radius 2 is 1.85 bits per heavy atom. The third-order valence-electron chi connectivity index (χ3n) is 5.37. The number of anilines is 3. The van der Waals surface area contributed by atoms with Crippen molar-refractivity contribution < 1.29 is 23.8 Å². The molecule has 0 fully saturated rings. The van der Waals surface area contributed by atoms with Crippen LogP contribution in [-0.4, -0.2) is 30.7 Å². The number of benzene rings is 3. The quantitative estimate of drug-likeness (QED) is 0.399. The molecule has 170 valence electrons. The number of rotatable bonds is 6. The summed E-state index contributed by atoms with van der Waals surface area (Å²) in [5, 5.41) is 6.72. The van der Waals surface area contributed by atoms with Crippen LogP contribution in [0.5, 0.6) is 17.2 Å². The molecule has 0 atom stereocenters. The van der Waals surface area contributed by atoms with E-state index in [4.69, 9.17) is 19.9 Å². The molecule has 0 bridgehead atoms. The topological polar surface area (TPSA) is 125 Å². The van der Waals surface area contributed by atoms with Gasteiger partial charge in [0.25, 0.3) is 5.91 Å². The molecule has 0 saturated heterocycles. The minimum atomic E-state index is -0.579. The van der Waals surface area contributed by atoms with Crippen molar-refractivity contribution in [3.8, 4) is 17.2 Å². The molecule has 5 rings (SSSR count). The number of carbonyl (C=O) groups excluding carboxylic acids is 2. The molecule has 34 heavy (non-hydrogen) atoms. The largest absolute Gasteiger partial charge is 0.497 e. The Labute approximate surface area is 194 Å². The van der Waals surface area contributed by atoms with Gasteiger partial charge >= 0.3 is 0 Å². The normalized spacial score (nSPS) is 11.8. The van der Waals surface area contributed by atoms with Crippen LogP contribution in [-0.2, 0) is 0 Å². The number of nitrogens with two attached hydrogens (primary N) is 1. The minimum Gasteiger partial charge on any atom is -0.497 e. The predicted molar refractivity (Wildman–Crippen MR) is 127 cm³/mol. The Morgan fingerprint density at radius 3 is 2.68 bits per heavy atom. The van der Waals surface area contributed by atoms with E-state index in [0.717, 1.165) is 0 Å². The second-order valence-corrected chi connectivity index (χ2v) is 7.52. The second kappa shape index (κ2) is 8.62. The van der Waals surface area contributed by atoms with E-state index < -0.39 is 11.8 Å². The van der Waals surface area contributed by atoms with E-state index in [1.807, 2.05) is 18.2 Å². The number of fused-ring (bicyclic) bond motifs is 2. The molecule has 0 unspecified atom stereocenters. The molecule has 0 radical (unpaired) electrons. The minimum absolute atomic E-state index is 0.137. The number of primary amides is 1. The Kier molecular flexibility index (Phi) is 5.35. The molecule has 4 aromatic rings. The molecule has 1 aliphatic heterocycles. The molecule has 0 saturated carbocycles. The first kappa shape index (κ1) is 21.1. The van der Waals surface area contributed by atoms with Gasteiger partial charge in [-0.1, -0.05) is 6.07 Å². The number of carbonyl (C=O) groups is 2. The number of hydrogen-bond donors (Lipinski definition) is 3.